The number of carboxylic acid groups (broad SMARTS) is 1. The molecule has 0 radical (unpaired) electrons. The van der Waals surface area contributed by atoms with Crippen LogP contribution in [0.25, 0.3) is 0 Å². The molecule has 0 unspecified atom stereocenters. The van der Waals surface area contributed by atoms with E-state index in [0.717, 1.165) is 25.7 Å². The maximum absolute atomic E-state index is 10.4. The molecule has 3 heteroatoms. The molecule has 0 aromatic carbocycles. The maximum Gasteiger partial charge on any atom is 0.332 e. The monoisotopic (exact) mass is 174 g/mol. The number of hydrogen-bond donors (Lipinski definition) is 2. The highest BCUT2D eigenvalue weighted by Gasteiger charge is 2.22. The van der Waals surface area contributed by atoms with Gasteiger partial charge in [-0.3, -0.25) is 0 Å². The first-order valence-electron chi connectivity index (χ1n) is 4.54. The van der Waals surface area contributed by atoms with Gasteiger partial charge in [-0.2, -0.15) is 0 Å². The number of carboxylic acids is 1. The zero-order chi connectivity index (χ0) is 9.56. The molecule has 0 amide bonds. The summed E-state index contributed by atoms with van der Waals surface area (Å²) in [6.45, 7) is 3.96. The van der Waals surface area contributed by atoms with E-state index in [0.29, 0.717) is 0 Å². The van der Waals surface area contributed by atoms with Crippen molar-refractivity contribution in [2.75, 3.05) is 0 Å². The number of carbonyl (C=O) groups is 1. The van der Waals surface area contributed by atoms with E-state index in [4.69, 9.17) is 5.11 Å². The Morgan fingerprint density at radius 3 is 2.33 bits per heavy atom. The molecule has 0 aliphatic carbocycles. The Labute approximate surface area is 73.4 Å². The van der Waals surface area contributed by atoms with Gasteiger partial charge in [-0.05, 0) is 12.3 Å². The predicted octanol–water partition coefficient (Wildman–Crippen LogP) is 1.65. The lowest BCUT2D eigenvalue weighted by molar-refractivity contribution is -0.149. The molecule has 2 N–H and O–H groups in total. The minimum atomic E-state index is -1.18. The Morgan fingerprint density at radius 1 is 1.42 bits per heavy atom. The lowest BCUT2D eigenvalue weighted by Crippen LogP contribution is -2.28. The van der Waals surface area contributed by atoms with E-state index in [1.165, 1.54) is 0 Å². The van der Waals surface area contributed by atoms with Crippen molar-refractivity contribution in [1.82, 2.24) is 0 Å². The standard InChI is InChI=1S/C9H18O3/c1-3-5-6-7(4-2)8(10)9(11)12/h7-8,10H,3-6H2,1-2H3,(H,11,12)/t7-,8+/m0/s1. The summed E-state index contributed by atoms with van der Waals surface area (Å²) in [6, 6.07) is 0. The molecule has 0 saturated carbocycles. The molecule has 12 heavy (non-hydrogen) atoms. The second-order valence-electron chi connectivity index (χ2n) is 3.09. The van der Waals surface area contributed by atoms with Crippen LogP contribution >= 0.6 is 0 Å². The van der Waals surface area contributed by atoms with Gasteiger partial charge in [0.05, 0.1) is 0 Å². The number of rotatable bonds is 6. The molecule has 3 nitrogen and oxygen atoms in total. The Kier molecular flexibility index (Phi) is 5.72. The number of aliphatic hydroxyl groups is 1. The number of hydrogen-bond acceptors (Lipinski definition) is 2. The van der Waals surface area contributed by atoms with Crippen LogP contribution in [0.5, 0.6) is 0 Å². The van der Waals surface area contributed by atoms with Crippen LogP contribution in [0, 0.1) is 5.92 Å². The zero-order valence-corrected chi connectivity index (χ0v) is 7.79. The van der Waals surface area contributed by atoms with Crippen LogP contribution in [-0.4, -0.2) is 22.3 Å². The van der Waals surface area contributed by atoms with Crippen LogP contribution in [0.2, 0.25) is 0 Å². The SMILES string of the molecule is CCCC[C@H](CC)[C@@H](O)C(=O)O. The third-order valence-corrected chi connectivity index (χ3v) is 2.15. The third kappa shape index (κ3) is 3.72. The first-order chi connectivity index (χ1) is 5.63. The lowest BCUT2D eigenvalue weighted by Gasteiger charge is -2.17. The summed E-state index contributed by atoms with van der Waals surface area (Å²) in [7, 11) is 0. The van der Waals surface area contributed by atoms with Crippen molar-refractivity contribution in [2.24, 2.45) is 5.92 Å². The van der Waals surface area contributed by atoms with Crippen molar-refractivity contribution in [1.29, 1.82) is 0 Å². The maximum atomic E-state index is 10.4. The summed E-state index contributed by atoms with van der Waals surface area (Å²) in [6.07, 6.45) is 2.39. The molecule has 0 spiro atoms. The molecule has 0 aromatic heterocycles. The molecule has 0 aromatic rings. The first kappa shape index (κ1) is 11.4. The van der Waals surface area contributed by atoms with E-state index in [9.17, 15) is 9.90 Å². The van der Waals surface area contributed by atoms with E-state index in [1.807, 2.05) is 6.92 Å². The van der Waals surface area contributed by atoms with Crippen LogP contribution < -0.4 is 0 Å². The van der Waals surface area contributed by atoms with Gasteiger partial charge in [0.25, 0.3) is 0 Å². The predicted molar refractivity (Wildman–Crippen MR) is 46.9 cm³/mol. The topological polar surface area (TPSA) is 57.5 Å². The second kappa shape index (κ2) is 6.00. The van der Waals surface area contributed by atoms with E-state index in [2.05, 4.69) is 6.92 Å². The Bertz CT molecular complexity index is 134. The van der Waals surface area contributed by atoms with Gasteiger partial charge in [0.1, 0.15) is 0 Å². The van der Waals surface area contributed by atoms with E-state index in [-0.39, 0.29) is 5.92 Å². The van der Waals surface area contributed by atoms with Gasteiger partial charge >= 0.3 is 5.97 Å². The molecule has 0 heterocycles. The quantitative estimate of drug-likeness (QED) is 0.643. The van der Waals surface area contributed by atoms with Gasteiger partial charge in [0.15, 0.2) is 6.10 Å². The number of aliphatic hydroxyl groups excluding tert-OH is 1. The molecule has 2 atom stereocenters. The van der Waals surface area contributed by atoms with Crippen LogP contribution in [0.4, 0.5) is 0 Å². The summed E-state index contributed by atoms with van der Waals surface area (Å²) < 4.78 is 0. The largest absolute Gasteiger partial charge is 0.479 e. The fourth-order valence-corrected chi connectivity index (χ4v) is 1.25. The average Bonchev–Trinajstić information content (AvgIpc) is 2.05. The minimum Gasteiger partial charge on any atom is -0.479 e. The molecule has 0 rings (SSSR count). The number of aliphatic carboxylic acids is 1. The molecule has 72 valence electrons. The molecular formula is C9H18O3. The van der Waals surface area contributed by atoms with Crippen LogP contribution in [0.3, 0.4) is 0 Å². The van der Waals surface area contributed by atoms with Crippen molar-refractivity contribution in [2.45, 2.75) is 45.6 Å². The Morgan fingerprint density at radius 2 is 2.00 bits per heavy atom. The van der Waals surface area contributed by atoms with Crippen molar-refractivity contribution in [3.63, 3.8) is 0 Å². The second-order valence-corrected chi connectivity index (χ2v) is 3.09. The molecule has 0 fully saturated rings. The summed E-state index contributed by atoms with van der Waals surface area (Å²) >= 11 is 0. The number of unbranched alkanes of at least 4 members (excludes halogenated alkanes) is 1. The van der Waals surface area contributed by atoms with E-state index >= 15 is 0 Å². The first-order valence-corrected chi connectivity index (χ1v) is 4.54. The minimum absolute atomic E-state index is 0.0811. The van der Waals surface area contributed by atoms with Crippen LogP contribution in [0.15, 0.2) is 0 Å². The molecular weight excluding hydrogens is 156 g/mol. The highest BCUT2D eigenvalue weighted by molar-refractivity contribution is 5.72. The zero-order valence-electron chi connectivity index (χ0n) is 7.79. The fourth-order valence-electron chi connectivity index (χ4n) is 1.25. The van der Waals surface area contributed by atoms with Gasteiger partial charge in [0, 0.05) is 0 Å². The van der Waals surface area contributed by atoms with Gasteiger partial charge in [0.2, 0.25) is 0 Å². The van der Waals surface area contributed by atoms with Gasteiger partial charge in [-0.1, -0.05) is 33.1 Å². The lowest BCUT2D eigenvalue weighted by atomic mass is 9.93. The summed E-state index contributed by atoms with van der Waals surface area (Å²) in [4.78, 5) is 10.4. The third-order valence-electron chi connectivity index (χ3n) is 2.15. The van der Waals surface area contributed by atoms with Crippen molar-refractivity contribution >= 4 is 5.97 Å². The average molecular weight is 174 g/mol. The summed E-state index contributed by atoms with van der Waals surface area (Å²) in [5, 5.41) is 17.7. The molecule has 0 aliphatic heterocycles. The molecule has 0 saturated heterocycles. The van der Waals surface area contributed by atoms with E-state index in [1.54, 1.807) is 0 Å². The van der Waals surface area contributed by atoms with Crippen molar-refractivity contribution < 1.29 is 15.0 Å². The van der Waals surface area contributed by atoms with Crippen molar-refractivity contribution in [3.05, 3.63) is 0 Å². The smallest absolute Gasteiger partial charge is 0.332 e. The van der Waals surface area contributed by atoms with E-state index < -0.39 is 12.1 Å². The van der Waals surface area contributed by atoms with Gasteiger partial charge in [-0.15, -0.1) is 0 Å². The Hall–Kier alpha value is -0.570. The summed E-state index contributed by atoms with van der Waals surface area (Å²) in [5.41, 5.74) is 0. The normalized spacial score (nSPS) is 15.6. The van der Waals surface area contributed by atoms with Gasteiger partial charge < -0.3 is 10.2 Å². The molecule has 0 aliphatic rings. The highest BCUT2D eigenvalue weighted by Crippen LogP contribution is 2.16. The van der Waals surface area contributed by atoms with Crippen LogP contribution in [0.1, 0.15) is 39.5 Å². The molecule has 0 bridgehead atoms. The van der Waals surface area contributed by atoms with Crippen LogP contribution in [-0.2, 0) is 4.79 Å². The summed E-state index contributed by atoms with van der Waals surface area (Å²) in [5.74, 6) is -1.18. The Balaban J connectivity index is 3.87. The fraction of sp³-hybridized carbons (Fsp3) is 0.889. The van der Waals surface area contributed by atoms with Crippen molar-refractivity contribution in [3.8, 4) is 0 Å². The highest BCUT2D eigenvalue weighted by atomic mass is 16.4. The van der Waals surface area contributed by atoms with Gasteiger partial charge in [-0.25, -0.2) is 4.79 Å².